The first kappa shape index (κ1) is 12.7. The van der Waals surface area contributed by atoms with E-state index in [0.29, 0.717) is 6.42 Å². The maximum atomic E-state index is 6.18. The molecule has 82 valence electrons. The fourth-order valence-electron chi connectivity index (χ4n) is 2.80. The number of rotatable bonds is 1. The van der Waals surface area contributed by atoms with E-state index in [1.807, 2.05) is 30.3 Å². The van der Waals surface area contributed by atoms with E-state index in [9.17, 15) is 0 Å². The average Bonchev–Trinajstić information content (AvgIpc) is 2.56. The van der Waals surface area contributed by atoms with Crippen molar-refractivity contribution in [1.82, 2.24) is 4.98 Å². The second kappa shape index (κ2) is 4.06. The normalized spacial score (nSPS) is 18.9. The van der Waals surface area contributed by atoms with Crippen LogP contribution in [-0.4, -0.2) is 36.4 Å². The Kier molecular flexibility index (Phi) is 2.70. The van der Waals surface area contributed by atoms with Gasteiger partial charge in [0.2, 0.25) is 0 Å². The Morgan fingerprint density at radius 2 is 1.58 bits per heavy atom. The molecule has 0 bridgehead atoms. The van der Waals surface area contributed by atoms with Crippen LogP contribution in [0.5, 0.6) is 0 Å². The molecule has 1 aliphatic rings. The summed E-state index contributed by atoms with van der Waals surface area (Å²) < 4.78 is 0. The Labute approximate surface area is 118 Å². The van der Waals surface area contributed by atoms with Crippen LogP contribution in [-0.2, 0) is 10.4 Å². The number of nitrogens with zero attached hydrogens (tertiary/aromatic N) is 1. The van der Waals surface area contributed by atoms with Crippen LogP contribution >= 0.6 is 0 Å². The second-order valence-electron chi connectivity index (χ2n) is 5.21. The van der Waals surface area contributed by atoms with Crippen LogP contribution in [0.25, 0.3) is 11.3 Å². The molecule has 1 nitrogen and oxygen atoms in total. The van der Waals surface area contributed by atoms with Crippen LogP contribution in [0.4, 0.5) is 0 Å². The van der Waals surface area contributed by atoms with E-state index >= 15 is 0 Å². The summed E-state index contributed by atoms with van der Waals surface area (Å²) in [6, 6.07) is 11.6. The Balaban J connectivity index is 2.29. The molecule has 0 atom stereocenters. The SMILES string of the molecule is [B]C1([B])CC([B])([B])c2c1ccnc2-c1ccccc1. The molecule has 1 aliphatic carbocycles. The molecular weight excluding hydrogens is 225 g/mol. The lowest BCUT2D eigenvalue weighted by molar-refractivity contribution is 0.741. The highest BCUT2D eigenvalue weighted by Crippen LogP contribution is 2.46. The highest BCUT2D eigenvalue weighted by Gasteiger charge is 2.41. The lowest BCUT2D eigenvalue weighted by Crippen LogP contribution is -2.30. The molecule has 0 fully saturated rings. The van der Waals surface area contributed by atoms with Gasteiger partial charge in [-0.2, -0.15) is 0 Å². The zero-order chi connectivity index (χ0) is 13.7. The Morgan fingerprint density at radius 1 is 0.895 bits per heavy atom. The number of benzene rings is 1. The van der Waals surface area contributed by atoms with E-state index in [2.05, 4.69) is 4.98 Å². The lowest BCUT2D eigenvalue weighted by Gasteiger charge is -2.24. The van der Waals surface area contributed by atoms with Crippen molar-refractivity contribution >= 4 is 31.4 Å². The number of hydrogen-bond acceptors (Lipinski definition) is 1. The molecule has 19 heavy (non-hydrogen) atoms. The van der Waals surface area contributed by atoms with Crippen LogP contribution in [0.1, 0.15) is 17.5 Å². The highest BCUT2D eigenvalue weighted by atomic mass is 14.7. The van der Waals surface area contributed by atoms with Crippen molar-refractivity contribution in [3.05, 3.63) is 53.7 Å². The predicted molar refractivity (Wildman–Crippen MR) is 80.7 cm³/mol. The molecule has 1 aromatic carbocycles. The van der Waals surface area contributed by atoms with Gasteiger partial charge in [-0.3, -0.25) is 4.98 Å². The van der Waals surface area contributed by atoms with Gasteiger partial charge < -0.3 is 0 Å². The number of aromatic nitrogens is 1. The summed E-state index contributed by atoms with van der Waals surface area (Å²) in [7, 11) is 24.6. The van der Waals surface area contributed by atoms with Crippen molar-refractivity contribution < 1.29 is 0 Å². The van der Waals surface area contributed by atoms with Gasteiger partial charge in [-0.05, 0) is 11.6 Å². The lowest BCUT2D eigenvalue weighted by atomic mass is 9.45. The zero-order valence-corrected chi connectivity index (χ0v) is 10.5. The first-order valence-corrected chi connectivity index (χ1v) is 6.13. The third kappa shape index (κ3) is 1.96. The molecule has 0 amide bonds. The fourth-order valence-corrected chi connectivity index (χ4v) is 2.80. The molecule has 0 N–H and O–H groups in total. The van der Waals surface area contributed by atoms with Gasteiger partial charge in [0, 0.05) is 11.8 Å². The third-order valence-electron chi connectivity index (χ3n) is 3.55. The molecule has 5 heteroatoms. The molecule has 2 aromatic rings. The minimum Gasteiger partial charge on any atom is -0.256 e. The van der Waals surface area contributed by atoms with E-state index in [1.54, 1.807) is 12.3 Å². The summed E-state index contributed by atoms with van der Waals surface area (Å²) >= 11 is 0. The van der Waals surface area contributed by atoms with E-state index in [0.717, 1.165) is 22.4 Å². The summed E-state index contributed by atoms with van der Waals surface area (Å²) in [6.07, 6.45) is 1.98. The van der Waals surface area contributed by atoms with Gasteiger partial charge in [0.25, 0.3) is 0 Å². The van der Waals surface area contributed by atoms with Gasteiger partial charge in [-0.1, -0.05) is 52.7 Å². The largest absolute Gasteiger partial charge is 0.256 e. The van der Waals surface area contributed by atoms with Crippen LogP contribution in [0.2, 0.25) is 0 Å². The zero-order valence-electron chi connectivity index (χ0n) is 10.5. The average molecular weight is 234 g/mol. The molecular formula is C14H9B4N. The number of fused-ring (bicyclic) bond motifs is 1. The highest BCUT2D eigenvalue weighted by molar-refractivity contribution is 6.47. The van der Waals surface area contributed by atoms with Gasteiger partial charge in [0.1, 0.15) is 0 Å². The monoisotopic (exact) mass is 235 g/mol. The van der Waals surface area contributed by atoms with Crippen molar-refractivity contribution in [3.63, 3.8) is 0 Å². The van der Waals surface area contributed by atoms with Crippen molar-refractivity contribution in [2.24, 2.45) is 0 Å². The van der Waals surface area contributed by atoms with Gasteiger partial charge in [-0.25, -0.2) is 0 Å². The number of pyridine rings is 1. The van der Waals surface area contributed by atoms with Gasteiger partial charge >= 0.3 is 0 Å². The molecule has 1 heterocycles. The van der Waals surface area contributed by atoms with Gasteiger partial charge in [0.15, 0.2) is 0 Å². The smallest absolute Gasteiger partial charge is 0.0726 e. The molecule has 0 spiro atoms. The Bertz CT molecular complexity index is 623. The van der Waals surface area contributed by atoms with E-state index in [1.165, 1.54) is 0 Å². The maximum Gasteiger partial charge on any atom is 0.0726 e. The van der Waals surface area contributed by atoms with Crippen LogP contribution in [0.3, 0.4) is 0 Å². The minimum atomic E-state index is -1.06. The minimum absolute atomic E-state index is 0.293. The molecule has 0 aliphatic heterocycles. The quantitative estimate of drug-likeness (QED) is 0.674. The molecule has 0 unspecified atom stereocenters. The maximum absolute atomic E-state index is 6.18. The predicted octanol–water partition coefficient (Wildman–Crippen LogP) is 1.13. The van der Waals surface area contributed by atoms with Crippen molar-refractivity contribution in [1.29, 1.82) is 0 Å². The van der Waals surface area contributed by atoms with Crippen molar-refractivity contribution in [2.75, 3.05) is 0 Å². The van der Waals surface area contributed by atoms with E-state index in [-0.39, 0.29) is 0 Å². The fraction of sp³-hybridized carbons (Fsp3) is 0.214. The van der Waals surface area contributed by atoms with Gasteiger partial charge in [-0.15, -0.1) is 0 Å². The van der Waals surface area contributed by atoms with Crippen LogP contribution < -0.4 is 0 Å². The van der Waals surface area contributed by atoms with E-state index < -0.39 is 10.4 Å². The summed E-state index contributed by atoms with van der Waals surface area (Å²) in [5, 5.41) is -2.07. The standard InChI is InChI=1S/C14H9B4N/c15-13(16)8-14(17,18)11-10(13)6-7-19-12(11)9-4-2-1-3-5-9/h1-7H,8H2. The Morgan fingerprint density at radius 3 is 2.26 bits per heavy atom. The molecule has 0 saturated carbocycles. The molecule has 3 rings (SSSR count). The molecule has 0 saturated heterocycles. The van der Waals surface area contributed by atoms with Crippen LogP contribution in [0, 0.1) is 0 Å². The molecule has 1 aromatic heterocycles. The number of hydrogen-bond donors (Lipinski definition) is 0. The summed E-state index contributed by atoms with van der Waals surface area (Å²) in [5.74, 6) is 0. The van der Waals surface area contributed by atoms with Gasteiger partial charge in [0.05, 0.1) is 37.1 Å². The summed E-state index contributed by atoms with van der Waals surface area (Å²) in [4.78, 5) is 4.41. The second-order valence-corrected chi connectivity index (χ2v) is 5.21. The summed E-state index contributed by atoms with van der Waals surface area (Å²) in [5.41, 5.74) is 3.22. The Hall–Kier alpha value is -1.37. The summed E-state index contributed by atoms with van der Waals surface area (Å²) in [6.45, 7) is 0. The van der Waals surface area contributed by atoms with Crippen LogP contribution in [0.15, 0.2) is 42.6 Å². The molecule has 8 radical (unpaired) electrons. The first-order valence-electron chi connectivity index (χ1n) is 6.13. The van der Waals surface area contributed by atoms with Crippen molar-refractivity contribution in [3.8, 4) is 11.3 Å². The van der Waals surface area contributed by atoms with Crippen molar-refractivity contribution in [2.45, 2.75) is 16.8 Å². The van der Waals surface area contributed by atoms with E-state index in [4.69, 9.17) is 31.4 Å². The topological polar surface area (TPSA) is 12.9 Å². The first-order chi connectivity index (χ1) is 8.92. The third-order valence-corrected chi connectivity index (χ3v) is 3.55.